The maximum atomic E-state index is 14.9. The van der Waals surface area contributed by atoms with Gasteiger partial charge in [-0.3, -0.25) is 4.79 Å². The Balaban J connectivity index is 1.26. The quantitative estimate of drug-likeness (QED) is 0.122. The van der Waals surface area contributed by atoms with E-state index in [2.05, 4.69) is 10.3 Å². The van der Waals surface area contributed by atoms with Crippen molar-refractivity contribution < 1.29 is 67.9 Å². The summed E-state index contributed by atoms with van der Waals surface area (Å²) in [6, 6.07) is 9.79. The number of hydrogen-bond acceptors (Lipinski definition) is 17. The largest absolute Gasteiger partial charge is 0.459 e. The van der Waals surface area contributed by atoms with E-state index in [0.29, 0.717) is 31.6 Å². The molecule has 2 aromatic heterocycles. The van der Waals surface area contributed by atoms with Crippen LogP contribution in [0.4, 0.5) is 4.39 Å². The summed E-state index contributed by atoms with van der Waals surface area (Å²) in [5.41, 5.74) is -2.21. The fraction of sp³-hybridized carbons (Fsp3) is 0.764. The lowest BCUT2D eigenvalue weighted by Crippen LogP contribution is -2.61. The molecular formula is C55H89FN6O13. The smallest absolute Gasteiger partial charge is 0.311 e. The molecule has 3 aromatic rings. The highest BCUT2D eigenvalue weighted by Crippen LogP contribution is 2.41. The number of nitrogens with zero attached hydrogens (tertiary/aromatic N) is 6. The number of likely N-dealkylation sites (N-methyl/N-ethyl adjacent to an activating group) is 2. The third-order valence-corrected chi connectivity index (χ3v) is 16.6. The maximum absolute atomic E-state index is 14.9. The summed E-state index contributed by atoms with van der Waals surface area (Å²) in [4.78, 5) is 18.4. The molecule has 5 N–H and O–H groups in total. The van der Waals surface area contributed by atoms with Crippen LogP contribution in [0, 0.1) is 17.8 Å². The van der Waals surface area contributed by atoms with Crippen LogP contribution in [0.3, 0.4) is 0 Å². The first-order chi connectivity index (χ1) is 35.3. The zero-order valence-corrected chi connectivity index (χ0v) is 46.7. The standard InChI is InChI=1S/C55H89FN6O13/c1-15-43-55(10,68)48(64)36(6)60(12)30-32(2)27-53(8,67)50(34(4)46(35(5)51(66)73-43)74-44-28-54(9,70-14)49(65)37(7)72-44)75-52-45(63)41(26-33(3)71-52)59(11)25-22-39-31-62(58-57-39)42(29-56)47(69-13)38-18-20-40(21-19-38)61-23-16-17-24-61/h16-21,23-24,31-37,41-50,52,63-65,67-68H,15,22,25-30H2,1-14H3/t32-,33-,34+,35-,36-,37+,41+,42-,43-,44+,45-,46+,47-,48-,49+,50-,52+,53-,54-,55-/m1/s1. The number of halogens is 1. The molecule has 20 heteroatoms. The Hall–Kier alpha value is -3.48. The third-order valence-electron chi connectivity index (χ3n) is 16.6. The Morgan fingerprint density at radius 1 is 0.947 bits per heavy atom. The zero-order chi connectivity index (χ0) is 55.3. The Bertz CT molecular complexity index is 2220. The number of alkyl halides is 1. The fourth-order valence-corrected chi connectivity index (χ4v) is 11.9. The molecule has 5 heterocycles. The number of aliphatic hydroxyl groups is 5. The molecule has 424 valence electrons. The summed E-state index contributed by atoms with van der Waals surface area (Å²) in [5, 5.41) is 68.6. The molecule has 1 aromatic carbocycles. The normalized spacial score (nSPS) is 38.9. The number of carbonyl (C=O) groups is 1. The van der Waals surface area contributed by atoms with E-state index in [0.717, 1.165) is 11.3 Å². The molecule has 6 rings (SSSR count). The van der Waals surface area contributed by atoms with E-state index in [1.807, 2.05) is 91.1 Å². The van der Waals surface area contributed by atoms with Gasteiger partial charge < -0.3 is 73.1 Å². The highest BCUT2D eigenvalue weighted by molar-refractivity contribution is 5.73. The second kappa shape index (κ2) is 25.5. The Kier molecular flexibility index (Phi) is 20.7. The summed E-state index contributed by atoms with van der Waals surface area (Å²) in [5.74, 6) is -2.87. The number of carbonyl (C=O) groups excluding carboxylic acids is 1. The van der Waals surface area contributed by atoms with Gasteiger partial charge in [0.15, 0.2) is 12.6 Å². The van der Waals surface area contributed by atoms with Gasteiger partial charge in [-0.2, -0.15) is 0 Å². The van der Waals surface area contributed by atoms with Gasteiger partial charge in [0.1, 0.15) is 48.8 Å². The fourth-order valence-electron chi connectivity index (χ4n) is 11.9. The van der Waals surface area contributed by atoms with E-state index in [4.69, 9.17) is 33.2 Å². The first-order valence-electron chi connectivity index (χ1n) is 26.8. The third kappa shape index (κ3) is 13.9. The Morgan fingerprint density at radius 3 is 2.23 bits per heavy atom. The topological polar surface area (TPSA) is 225 Å². The van der Waals surface area contributed by atoms with Gasteiger partial charge in [0.2, 0.25) is 0 Å². The highest BCUT2D eigenvalue weighted by atomic mass is 19.1. The van der Waals surface area contributed by atoms with Gasteiger partial charge in [0.05, 0.1) is 47.2 Å². The van der Waals surface area contributed by atoms with Crippen molar-refractivity contribution >= 4 is 5.97 Å². The Morgan fingerprint density at radius 2 is 1.61 bits per heavy atom. The van der Waals surface area contributed by atoms with E-state index in [1.165, 1.54) is 18.7 Å². The van der Waals surface area contributed by atoms with Crippen LogP contribution in [0.5, 0.6) is 0 Å². The molecule has 3 saturated heterocycles. The molecule has 0 radical (unpaired) electrons. The second-order valence-electron chi connectivity index (χ2n) is 22.7. The van der Waals surface area contributed by atoms with E-state index in [-0.39, 0.29) is 25.2 Å². The van der Waals surface area contributed by atoms with Crippen LogP contribution in [-0.4, -0.2) is 199 Å². The molecule has 0 amide bonds. The van der Waals surface area contributed by atoms with Crippen LogP contribution in [0.2, 0.25) is 0 Å². The van der Waals surface area contributed by atoms with Gasteiger partial charge in [0, 0.05) is 82.4 Å². The first kappa shape index (κ1) is 60.7. The molecule has 20 atom stereocenters. The number of benzene rings is 1. The monoisotopic (exact) mass is 1060 g/mol. The van der Waals surface area contributed by atoms with Gasteiger partial charge in [0.25, 0.3) is 0 Å². The lowest BCUT2D eigenvalue weighted by molar-refractivity contribution is -0.318. The van der Waals surface area contributed by atoms with E-state index < -0.39 is 127 Å². The summed E-state index contributed by atoms with van der Waals surface area (Å²) in [6.07, 6.45) is -4.03. The van der Waals surface area contributed by atoms with Crippen molar-refractivity contribution in [2.24, 2.45) is 17.8 Å². The molecule has 0 spiro atoms. The summed E-state index contributed by atoms with van der Waals surface area (Å²) in [7, 11) is 6.76. The average molecular weight is 1060 g/mol. The van der Waals surface area contributed by atoms with Crippen LogP contribution < -0.4 is 0 Å². The number of methoxy groups -OCH3 is 2. The number of hydrogen-bond donors (Lipinski definition) is 5. The van der Waals surface area contributed by atoms with Gasteiger partial charge in [-0.15, -0.1) is 5.10 Å². The molecule has 3 fully saturated rings. The van der Waals surface area contributed by atoms with Crippen molar-refractivity contribution in [3.05, 3.63) is 66.2 Å². The molecule has 75 heavy (non-hydrogen) atoms. The number of aromatic nitrogens is 4. The molecule has 0 unspecified atom stereocenters. The lowest BCUT2D eigenvalue weighted by atomic mass is 9.77. The first-order valence-corrected chi connectivity index (χ1v) is 26.8. The number of cyclic esters (lactones) is 1. The average Bonchev–Trinajstić information content (AvgIpc) is 4.09. The summed E-state index contributed by atoms with van der Waals surface area (Å²) in [6.45, 7) is 17.5. The van der Waals surface area contributed by atoms with Crippen LogP contribution >= 0.6 is 0 Å². The lowest BCUT2D eigenvalue weighted by Gasteiger charge is -2.49. The van der Waals surface area contributed by atoms with E-state index >= 15 is 0 Å². The van der Waals surface area contributed by atoms with Crippen molar-refractivity contribution in [1.82, 2.24) is 29.4 Å². The van der Waals surface area contributed by atoms with Gasteiger partial charge in [-0.1, -0.05) is 38.1 Å². The van der Waals surface area contributed by atoms with Gasteiger partial charge in [-0.05, 0) is 118 Å². The molecule has 0 saturated carbocycles. The van der Waals surface area contributed by atoms with Crippen molar-refractivity contribution in [3.8, 4) is 5.69 Å². The molecule has 19 nitrogen and oxygen atoms in total. The molecule has 0 aliphatic carbocycles. The minimum absolute atomic E-state index is 0.0854. The molecule has 3 aliphatic rings. The van der Waals surface area contributed by atoms with Gasteiger partial charge in [-0.25, -0.2) is 9.07 Å². The minimum Gasteiger partial charge on any atom is -0.459 e. The van der Waals surface area contributed by atoms with Crippen LogP contribution in [-0.2, 0) is 44.4 Å². The maximum Gasteiger partial charge on any atom is 0.311 e. The van der Waals surface area contributed by atoms with E-state index in [1.54, 1.807) is 61.8 Å². The van der Waals surface area contributed by atoms with E-state index in [9.17, 15) is 34.7 Å². The van der Waals surface area contributed by atoms with Gasteiger partial charge >= 0.3 is 5.97 Å². The number of aliphatic hydroxyl groups excluding tert-OH is 3. The van der Waals surface area contributed by atoms with Crippen LogP contribution in [0.25, 0.3) is 5.69 Å². The van der Waals surface area contributed by atoms with Crippen molar-refractivity contribution in [3.63, 3.8) is 0 Å². The zero-order valence-electron chi connectivity index (χ0n) is 46.7. The number of rotatable bonds is 16. The van der Waals surface area contributed by atoms with Crippen LogP contribution in [0.1, 0.15) is 118 Å². The van der Waals surface area contributed by atoms with Crippen molar-refractivity contribution in [2.45, 2.75) is 204 Å². The number of esters is 1. The van der Waals surface area contributed by atoms with Crippen LogP contribution in [0.15, 0.2) is 55.0 Å². The second-order valence-corrected chi connectivity index (χ2v) is 22.7. The molecule has 0 bridgehead atoms. The predicted molar refractivity (Wildman–Crippen MR) is 277 cm³/mol. The SMILES string of the molecule is CC[C@H]1OC(=O)[C@H](C)[C@@H](O[C@H]2C[C@@](C)(OC)[C@@H](O)[C@H](C)O2)[C@H](C)[C@@H](O[C@@H]2O[C@H](C)C[C@H](N(C)CCc3cn([C@H](CF)[C@H](OC)c4ccc(-n5cccc5)cc4)nn3)[C@H]2O)[C@](C)(O)C[C@@H](C)CN(C)[C@H](C)[C@@H](O)[C@]1(C)O. The summed E-state index contributed by atoms with van der Waals surface area (Å²) >= 11 is 0. The minimum atomic E-state index is -1.85. The Labute approximate surface area is 443 Å². The van der Waals surface area contributed by atoms with Crippen molar-refractivity contribution in [1.29, 1.82) is 0 Å². The predicted octanol–water partition coefficient (Wildman–Crippen LogP) is 4.79. The van der Waals surface area contributed by atoms with Crippen molar-refractivity contribution in [2.75, 3.05) is 48.1 Å². The molecule has 3 aliphatic heterocycles. The molecular weight excluding hydrogens is 972 g/mol. The number of ether oxygens (including phenoxy) is 7. The summed E-state index contributed by atoms with van der Waals surface area (Å²) < 4.78 is 62.6. The highest BCUT2D eigenvalue weighted by Gasteiger charge is 2.53.